The van der Waals surface area contributed by atoms with Gasteiger partial charge in [-0.3, -0.25) is 9.59 Å². The van der Waals surface area contributed by atoms with Gasteiger partial charge in [0.25, 0.3) is 5.92 Å². The zero-order valence-electron chi connectivity index (χ0n) is 11.7. The minimum absolute atomic E-state index is 0.109. The van der Waals surface area contributed by atoms with E-state index in [-0.39, 0.29) is 31.4 Å². The van der Waals surface area contributed by atoms with Gasteiger partial charge in [0.2, 0.25) is 11.8 Å². The van der Waals surface area contributed by atoms with Crippen LogP contribution in [-0.2, 0) is 14.3 Å². The first-order valence-electron chi connectivity index (χ1n) is 6.91. The third-order valence-corrected chi connectivity index (χ3v) is 3.58. The molecule has 0 aromatic carbocycles. The second-order valence-electron chi connectivity index (χ2n) is 5.64. The van der Waals surface area contributed by atoms with Crippen molar-refractivity contribution in [2.45, 2.75) is 57.3 Å². The molecule has 114 valence electrons. The summed E-state index contributed by atoms with van der Waals surface area (Å²) in [5, 5.41) is 2.52. The van der Waals surface area contributed by atoms with E-state index in [1.165, 1.54) is 0 Å². The van der Waals surface area contributed by atoms with E-state index in [0.717, 1.165) is 4.90 Å². The molecule has 7 heteroatoms. The van der Waals surface area contributed by atoms with E-state index in [0.29, 0.717) is 6.42 Å². The van der Waals surface area contributed by atoms with Crippen molar-refractivity contribution in [3.63, 3.8) is 0 Å². The summed E-state index contributed by atoms with van der Waals surface area (Å²) in [7, 11) is 0. The molecule has 2 aliphatic rings. The van der Waals surface area contributed by atoms with Crippen molar-refractivity contribution >= 4 is 11.8 Å². The number of hydrogen-bond acceptors (Lipinski definition) is 3. The minimum atomic E-state index is -3.05. The molecule has 2 rings (SSSR count). The van der Waals surface area contributed by atoms with Gasteiger partial charge in [0.05, 0.1) is 12.6 Å². The highest BCUT2D eigenvalue weighted by atomic mass is 19.3. The molecule has 1 N–H and O–H groups in total. The molecular weight excluding hydrogens is 270 g/mol. The van der Waals surface area contributed by atoms with E-state index in [1.54, 1.807) is 13.8 Å². The second kappa shape index (κ2) is 5.63. The molecule has 0 aromatic rings. The van der Waals surface area contributed by atoms with Gasteiger partial charge in [-0.15, -0.1) is 0 Å². The number of carbonyl (C=O) groups is 2. The van der Waals surface area contributed by atoms with E-state index in [4.69, 9.17) is 4.74 Å². The maximum absolute atomic E-state index is 14.0. The summed E-state index contributed by atoms with van der Waals surface area (Å²) in [6, 6.07) is -0.652. The van der Waals surface area contributed by atoms with Crippen LogP contribution in [0.4, 0.5) is 8.78 Å². The van der Waals surface area contributed by atoms with Gasteiger partial charge in [-0.1, -0.05) is 0 Å². The Morgan fingerprint density at radius 3 is 2.65 bits per heavy atom. The fourth-order valence-corrected chi connectivity index (χ4v) is 2.62. The Morgan fingerprint density at radius 1 is 1.45 bits per heavy atom. The highest BCUT2D eigenvalue weighted by Crippen LogP contribution is 2.31. The summed E-state index contributed by atoms with van der Waals surface area (Å²) in [4.78, 5) is 24.3. The number of ether oxygens (including phenoxy) is 1. The molecule has 2 amide bonds. The van der Waals surface area contributed by atoms with Gasteiger partial charge in [0, 0.05) is 13.0 Å². The first-order valence-corrected chi connectivity index (χ1v) is 6.91. The zero-order chi connectivity index (χ0) is 14.9. The van der Waals surface area contributed by atoms with Crippen molar-refractivity contribution in [1.29, 1.82) is 0 Å². The molecule has 5 nitrogen and oxygen atoms in total. The third-order valence-electron chi connectivity index (χ3n) is 3.58. The van der Waals surface area contributed by atoms with Gasteiger partial charge in [-0.25, -0.2) is 8.78 Å². The van der Waals surface area contributed by atoms with E-state index in [1.807, 2.05) is 0 Å². The van der Waals surface area contributed by atoms with Crippen LogP contribution in [0, 0.1) is 0 Å². The quantitative estimate of drug-likeness (QED) is 0.841. The number of alkyl halides is 2. The SMILES string of the molecule is CC(C)O[C@H]1CCN(C(=O)C2CCC(=O)N2)CC1(F)F. The summed E-state index contributed by atoms with van der Waals surface area (Å²) >= 11 is 0. The number of carbonyl (C=O) groups excluding carboxylic acids is 2. The normalized spacial score (nSPS) is 29.6. The molecule has 0 bridgehead atoms. The van der Waals surface area contributed by atoms with E-state index in [9.17, 15) is 18.4 Å². The van der Waals surface area contributed by atoms with Crippen LogP contribution in [0.25, 0.3) is 0 Å². The Balaban J connectivity index is 1.96. The molecular formula is C13H20F2N2O3. The van der Waals surface area contributed by atoms with Crippen LogP contribution in [0.3, 0.4) is 0 Å². The minimum Gasteiger partial charge on any atom is -0.369 e. The van der Waals surface area contributed by atoms with Crippen molar-refractivity contribution in [2.24, 2.45) is 0 Å². The first kappa shape index (κ1) is 15.2. The lowest BCUT2D eigenvalue weighted by Gasteiger charge is -2.39. The van der Waals surface area contributed by atoms with Gasteiger partial charge in [0.15, 0.2) is 0 Å². The smallest absolute Gasteiger partial charge is 0.290 e. The fraction of sp³-hybridized carbons (Fsp3) is 0.846. The van der Waals surface area contributed by atoms with Crippen LogP contribution < -0.4 is 5.32 Å². The lowest BCUT2D eigenvalue weighted by Crippen LogP contribution is -2.57. The maximum Gasteiger partial charge on any atom is 0.290 e. The van der Waals surface area contributed by atoms with Crippen LogP contribution in [0.15, 0.2) is 0 Å². The first-order chi connectivity index (χ1) is 9.29. The molecule has 2 atom stereocenters. The lowest BCUT2D eigenvalue weighted by molar-refractivity contribution is -0.190. The zero-order valence-corrected chi connectivity index (χ0v) is 11.7. The summed E-state index contributed by atoms with van der Waals surface area (Å²) < 4.78 is 33.2. The molecule has 0 radical (unpaired) electrons. The Hall–Kier alpha value is -1.24. The largest absolute Gasteiger partial charge is 0.369 e. The van der Waals surface area contributed by atoms with Gasteiger partial charge in [0.1, 0.15) is 12.1 Å². The van der Waals surface area contributed by atoms with Gasteiger partial charge >= 0.3 is 0 Å². The number of hydrogen-bond donors (Lipinski definition) is 1. The molecule has 0 saturated carbocycles. The monoisotopic (exact) mass is 290 g/mol. The predicted molar refractivity (Wildman–Crippen MR) is 67.3 cm³/mol. The Labute approximate surface area is 116 Å². The molecule has 2 fully saturated rings. The molecule has 2 aliphatic heterocycles. The number of rotatable bonds is 3. The van der Waals surface area contributed by atoms with Crippen molar-refractivity contribution in [2.75, 3.05) is 13.1 Å². The van der Waals surface area contributed by atoms with Crippen molar-refractivity contribution in [1.82, 2.24) is 10.2 Å². The lowest BCUT2D eigenvalue weighted by atomic mass is 10.0. The topological polar surface area (TPSA) is 58.6 Å². The number of halogens is 2. The van der Waals surface area contributed by atoms with Crippen molar-refractivity contribution in [3.05, 3.63) is 0 Å². The maximum atomic E-state index is 14.0. The van der Waals surface area contributed by atoms with E-state index >= 15 is 0 Å². The Kier molecular flexibility index (Phi) is 4.27. The molecule has 0 spiro atoms. The van der Waals surface area contributed by atoms with Gasteiger partial charge in [-0.05, 0) is 26.7 Å². The van der Waals surface area contributed by atoms with Crippen LogP contribution in [-0.4, -0.2) is 54.0 Å². The molecule has 0 aliphatic carbocycles. The predicted octanol–water partition coefficient (Wildman–Crippen LogP) is 0.926. The highest BCUT2D eigenvalue weighted by molar-refractivity contribution is 5.90. The average molecular weight is 290 g/mol. The summed E-state index contributed by atoms with van der Waals surface area (Å²) in [5.41, 5.74) is 0. The molecule has 2 saturated heterocycles. The second-order valence-corrected chi connectivity index (χ2v) is 5.64. The molecule has 20 heavy (non-hydrogen) atoms. The molecule has 2 heterocycles. The van der Waals surface area contributed by atoms with Crippen LogP contribution >= 0.6 is 0 Å². The Morgan fingerprint density at radius 2 is 2.15 bits per heavy atom. The number of likely N-dealkylation sites (tertiary alicyclic amines) is 1. The van der Waals surface area contributed by atoms with Gasteiger partial charge in [-0.2, -0.15) is 0 Å². The molecule has 0 aromatic heterocycles. The van der Waals surface area contributed by atoms with Crippen molar-refractivity contribution in [3.8, 4) is 0 Å². The number of piperidine rings is 1. The number of amides is 2. The standard InChI is InChI=1S/C13H20F2N2O3/c1-8(2)20-10-5-6-17(7-13(10,14)15)12(19)9-3-4-11(18)16-9/h8-10H,3-7H2,1-2H3,(H,16,18)/t9?,10-/m0/s1. The van der Waals surface area contributed by atoms with Gasteiger partial charge < -0.3 is 15.0 Å². The van der Waals surface area contributed by atoms with Crippen molar-refractivity contribution < 1.29 is 23.1 Å². The Bertz CT molecular complexity index is 401. The van der Waals surface area contributed by atoms with E-state index in [2.05, 4.69) is 5.32 Å². The third kappa shape index (κ3) is 3.26. The van der Waals surface area contributed by atoms with Crippen LogP contribution in [0.2, 0.25) is 0 Å². The molecule has 1 unspecified atom stereocenters. The average Bonchev–Trinajstić information content (AvgIpc) is 2.77. The summed E-state index contributed by atoms with van der Waals surface area (Å²) in [6.07, 6.45) is -0.657. The number of nitrogens with one attached hydrogen (secondary N) is 1. The van der Waals surface area contributed by atoms with Crippen LogP contribution in [0.1, 0.15) is 33.1 Å². The highest BCUT2D eigenvalue weighted by Gasteiger charge is 2.48. The number of nitrogens with zero attached hydrogens (tertiary/aromatic N) is 1. The van der Waals surface area contributed by atoms with Crippen LogP contribution in [0.5, 0.6) is 0 Å². The fourth-order valence-electron chi connectivity index (χ4n) is 2.62. The summed E-state index contributed by atoms with van der Waals surface area (Å²) in [6.45, 7) is 3.01. The van der Waals surface area contributed by atoms with E-state index < -0.39 is 30.5 Å². The summed E-state index contributed by atoms with van der Waals surface area (Å²) in [5.74, 6) is -3.67.